The van der Waals surface area contributed by atoms with E-state index in [1.165, 1.54) is 6.20 Å². The largest absolute Gasteiger partial charge is 0.573 e. The standard InChI is InChI=1S/C17H21F3N4O2/c1-4-5-6-24-9-12(23-16(24)14(25)10(2)3)11-7-13(15(21)22-8-11)26-17(18,19)20/h4,7-10,14,25H,1,5-6H2,2-3H3,(H2,21,22). The summed E-state index contributed by atoms with van der Waals surface area (Å²) in [6, 6.07) is 1.13. The van der Waals surface area contributed by atoms with Crippen LogP contribution in [-0.2, 0) is 6.54 Å². The molecule has 2 heterocycles. The average molecular weight is 370 g/mol. The predicted molar refractivity (Wildman–Crippen MR) is 91.2 cm³/mol. The number of halogens is 3. The third kappa shape index (κ3) is 4.75. The number of hydrogen-bond donors (Lipinski definition) is 2. The summed E-state index contributed by atoms with van der Waals surface area (Å²) in [5, 5.41) is 10.4. The summed E-state index contributed by atoms with van der Waals surface area (Å²) in [5.74, 6) is -0.630. The summed E-state index contributed by atoms with van der Waals surface area (Å²) in [5.41, 5.74) is 6.11. The van der Waals surface area contributed by atoms with Gasteiger partial charge in [-0.2, -0.15) is 0 Å². The maximum atomic E-state index is 12.5. The molecule has 0 aromatic carbocycles. The van der Waals surface area contributed by atoms with Gasteiger partial charge in [-0.3, -0.25) is 0 Å². The van der Waals surface area contributed by atoms with Gasteiger partial charge in [0.25, 0.3) is 0 Å². The molecule has 2 aromatic heterocycles. The van der Waals surface area contributed by atoms with Crippen molar-refractivity contribution in [2.45, 2.75) is 39.3 Å². The van der Waals surface area contributed by atoms with Gasteiger partial charge in [-0.25, -0.2) is 9.97 Å². The Morgan fingerprint density at radius 3 is 2.69 bits per heavy atom. The highest BCUT2D eigenvalue weighted by molar-refractivity contribution is 5.63. The Hall–Kier alpha value is -2.55. The molecule has 2 rings (SSSR count). The fraction of sp³-hybridized carbons (Fsp3) is 0.412. The van der Waals surface area contributed by atoms with Gasteiger partial charge in [0.1, 0.15) is 11.9 Å². The van der Waals surface area contributed by atoms with Crippen LogP contribution in [-0.4, -0.2) is 26.0 Å². The maximum absolute atomic E-state index is 12.5. The first-order chi connectivity index (χ1) is 12.1. The normalized spacial score (nSPS) is 13.0. The van der Waals surface area contributed by atoms with E-state index < -0.39 is 18.2 Å². The second-order valence-electron chi connectivity index (χ2n) is 6.10. The maximum Gasteiger partial charge on any atom is 0.573 e. The first kappa shape index (κ1) is 19.8. The summed E-state index contributed by atoms with van der Waals surface area (Å²) in [6.45, 7) is 7.88. The number of hydrogen-bond acceptors (Lipinski definition) is 5. The smallest absolute Gasteiger partial charge is 0.402 e. The van der Waals surface area contributed by atoms with E-state index in [0.29, 0.717) is 30.0 Å². The van der Waals surface area contributed by atoms with E-state index >= 15 is 0 Å². The molecule has 3 N–H and O–H groups in total. The Morgan fingerprint density at radius 1 is 1.42 bits per heavy atom. The molecule has 0 spiro atoms. The van der Waals surface area contributed by atoms with Crippen molar-refractivity contribution >= 4 is 5.82 Å². The number of anilines is 1. The summed E-state index contributed by atoms with van der Waals surface area (Å²) in [6.07, 6.45) is -0.363. The molecule has 0 radical (unpaired) electrons. The molecule has 0 fully saturated rings. The van der Waals surface area contributed by atoms with E-state index in [9.17, 15) is 18.3 Å². The number of aliphatic hydroxyl groups excluding tert-OH is 1. The zero-order chi connectivity index (χ0) is 19.5. The minimum absolute atomic E-state index is 0.0820. The third-order valence-corrected chi connectivity index (χ3v) is 3.68. The zero-order valence-electron chi connectivity index (χ0n) is 14.5. The molecule has 0 aliphatic carbocycles. The van der Waals surface area contributed by atoms with Gasteiger partial charge in [0.05, 0.1) is 5.69 Å². The van der Waals surface area contributed by atoms with Crippen molar-refractivity contribution < 1.29 is 23.0 Å². The van der Waals surface area contributed by atoms with Gasteiger partial charge in [0.2, 0.25) is 0 Å². The number of allylic oxidation sites excluding steroid dienone is 1. The third-order valence-electron chi connectivity index (χ3n) is 3.68. The molecule has 0 aliphatic heterocycles. The summed E-state index contributed by atoms with van der Waals surface area (Å²) >= 11 is 0. The van der Waals surface area contributed by atoms with E-state index in [-0.39, 0.29) is 11.7 Å². The molecule has 9 heteroatoms. The number of alkyl halides is 3. The number of imidazole rings is 1. The van der Waals surface area contributed by atoms with Crippen LogP contribution in [0, 0.1) is 5.92 Å². The first-order valence-electron chi connectivity index (χ1n) is 8.00. The van der Waals surface area contributed by atoms with Gasteiger partial charge in [-0.05, 0) is 18.4 Å². The van der Waals surface area contributed by atoms with Crippen molar-refractivity contribution in [2.75, 3.05) is 5.73 Å². The average Bonchev–Trinajstić information content (AvgIpc) is 2.96. The molecule has 0 saturated carbocycles. The van der Waals surface area contributed by atoms with Crippen molar-refractivity contribution in [1.82, 2.24) is 14.5 Å². The highest BCUT2D eigenvalue weighted by Crippen LogP contribution is 2.32. The number of rotatable bonds is 7. The van der Waals surface area contributed by atoms with Gasteiger partial charge < -0.3 is 20.1 Å². The molecule has 2 aromatic rings. The Bertz CT molecular complexity index is 772. The monoisotopic (exact) mass is 370 g/mol. The van der Waals surface area contributed by atoms with E-state index in [1.807, 2.05) is 13.8 Å². The van der Waals surface area contributed by atoms with Crippen LogP contribution >= 0.6 is 0 Å². The minimum atomic E-state index is -4.88. The first-order valence-corrected chi connectivity index (χ1v) is 8.00. The van der Waals surface area contributed by atoms with Crippen LogP contribution in [0.5, 0.6) is 5.75 Å². The second kappa shape index (κ2) is 7.77. The lowest BCUT2D eigenvalue weighted by Gasteiger charge is -2.15. The molecule has 6 nitrogen and oxygen atoms in total. The van der Waals surface area contributed by atoms with Gasteiger partial charge in [0.15, 0.2) is 11.6 Å². The fourth-order valence-electron chi connectivity index (χ4n) is 2.31. The van der Waals surface area contributed by atoms with Crippen LogP contribution < -0.4 is 10.5 Å². The molecule has 26 heavy (non-hydrogen) atoms. The Morgan fingerprint density at radius 2 is 2.12 bits per heavy atom. The summed E-state index contributed by atoms with van der Waals surface area (Å²) in [4.78, 5) is 8.13. The SMILES string of the molecule is C=CCCn1cc(-c2cnc(N)c(OC(F)(F)F)c2)nc1C(O)C(C)C. The number of ether oxygens (including phenoxy) is 1. The number of aliphatic hydroxyl groups is 1. The van der Waals surface area contributed by atoms with E-state index in [4.69, 9.17) is 5.73 Å². The van der Waals surface area contributed by atoms with Crippen LogP contribution in [0.4, 0.5) is 19.0 Å². The van der Waals surface area contributed by atoms with Crippen LogP contribution in [0.25, 0.3) is 11.3 Å². The van der Waals surface area contributed by atoms with Crippen LogP contribution in [0.3, 0.4) is 0 Å². The molecule has 0 amide bonds. The van der Waals surface area contributed by atoms with Crippen LogP contribution in [0.2, 0.25) is 0 Å². The Labute approximate surface area is 149 Å². The number of nitrogens with zero attached hydrogens (tertiary/aromatic N) is 3. The van der Waals surface area contributed by atoms with Crippen molar-refractivity contribution in [2.24, 2.45) is 5.92 Å². The predicted octanol–water partition coefficient (Wildman–Crippen LogP) is 3.69. The molecule has 0 bridgehead atoms. The Balaban J connectivity index is 2.44. The van der Waals surface area contributed by atoms with Crippen molar-refractivity contribution in [3.8, 4) is 17.0 Å². The van der Waals surface area contributed by atoms with Crippen LogP contribution in [0.1, 0.15) is 32.2 Å². The lowest BCUT2D eigenvalue weighted by molar-refractivity contribution is -0.274. The van der Waals surface area contributed by atoms with Gasteiger partial charge >= 0.3 is 6.36 Å². The molecular weight excluding hydrogens is 349 g/mol. The van der Waals surface area contributed by atoms with Crippen molar-refractivity contribution in [1.29, 1.82) is 0 Å². The molecular formula is C17H21F3N4O2. The highest BCUT2D eigenvalue weighted by atomic mass is 19.4. The topological polar surface area (TPSA) is 86.2 Å². The summed E-state index contributed by atoms with van der Waals surface area (Å²) < 4.78 is 43.1. The van der Waals surface area contributed by atoms with Crippen molar-refractivity contribution in [3.63, 3.8) is 0 Å². The lowest BCUT2D eigenvalue weighted by Crippen LogP contribution is -2.18. The quantitative estimate of drug-likeness (QED) is 0.726. The minimum Gasteiger partial charge on any atom is -0.402 e. The Kier molecular flexibility index (Phi) is 5.91. The number of aromatic nitrogens is 3. The molecule has 1 atom stereocenters. The van der Waals surface area contributed by atoms with Gasteiger partial charge in [-0.1, -0.05) is 19.9 Å². The van der Waals surface area contributed by atoms with Crippen molar-refractivity contribution in [3.05, 3.63) is 36.9 Å². The van der Waals surface area contributed by atoms with Gasteiger partial charge in [0, 0.05) is 24.5 Å². The lowest BCUT2D eigenvalue weighted by atomic mass is 10.1. The highest BCUT2D eigenvalue weighted by Gasteiger charge is 2.32. The second-order valence-corrected chi connectivity index (χ2v) is 6.10. The van der Waals surface area contributed by atoms with E-state index in [1.54, 1.807) is 16.8 Å². The molecule has 0 aliphatic rings. The number of aryl methyl sites for hydroxylation is 1. The molecule has 1 unspecified atom stereocenters. The van der Waals surface area contributed by atoms with E-state index in [2.05, 4.69) is 21.3 Å². The number of pyridine rings is 1. The summed E-state index contributed by atoms with van der Waals surface area (Å²) in [7, 11) is 0. The van der Waals surface area contributed by atoms with E-state index in [0.717, 1.165) is 6.07 Å². The fourth-order valence-corrected chi connectivity index (χ4v) is 2.31. The zero-order valence-corrected chi connectivity index (χ0v) is 14.5. The molecule has 142 valence electrons. The van der Waals surface area contributed by atoms with Gasteiger partial charge in [-0.15, -0.1) is 19.8 Å². The number of nitrogen functional groups attached to an aromatic ring is 1. The number of nitrogens with two attached hydrogens (primary N) is 1. The molecule has 0 saturated heterocycles. The van der Waals surface area contributed by atoms with Crippen LogP contribution in [0.15, 0.2) is 31.1 Å².